The molecule has 0 aliphatic heterocycles. The van der Waals surface area contributed by atoms with E-state index in [1.54, 1.807) is 0 Å². The van der Waals surface area contributed by atoms with Crippen molar-refractivity contribution in [3.63, 3.8) is 0 Å². The number of nitrogens with two attached hydrogens (primary N) is 1. The van der Waals surface area contributed by atoms with Crippen LogP contribution in [-0.2, 0) is 10.0 Å². The molecular weight excluding hydrogens is 415 g/mol. The molecule has 20 heavy (non-hydrogen) atoms. The van der Waals surface area contributed by atoms with E-state index in [-0.39, 0.29) is 10.6 Å². The Bertz CT molecular complexity index is 726. The van der Waals surface area contributed by atoms with Gasteiger partial charge in [0.25, 0.3) is 10.0 Å². The minimum atomic E-state index is -3.83. The lowest BCUT2D eigenvalue weighted by molar-refractivity contribution is 0.600. The maximum atomic E-state index is 12.8. The van der Waals surface area contributed by atoms with Crippen molar-refractivity contribution < 1.29 is 12.8 Å². The quantitative estimate of drug-likeness (QED) is 0.738. The van der Waals surface area contributed by atoms with Gasteiger partial charge < -0.3 is 5.73 Å². The molecule has 0 spiro atoms. The van der Waals surface area contributed by atoms with Crippen LogP contribution in [0.5, 0.6) is 0 Å². The maximum Gasteiger partial charge on any atom is 0.264 e. The van der Waals surface area contributed by atoms with E-state index < -0.39 is 15.8 Å². The van der Waals surface area contributed by atoms with Crippen LogP contribution in [0.25, 0.3) is 0 Å². The highest BCUT2D eigenvalue weighted by Crippen LogP contribution is 2.33. The summed E-state index contributed by atoms with van der Waals surface area (Å²) in [5.74, 6) is -0.442. The normalized spacial score (nSPS) is 11.3. The summed E-state index contributed by atoms with van der Waals surface area (Å²) < 4.78 is 40.5. The van der Waals surface area contributed by atoms with Gasteiger partial charge in [-0.3, -0.25) is 4.72 Å². The molecule has 0 aromatic heterocycles. The molecule has 2 aromatic rings. The van der Waals surface area contributed by atoms with E-state index in [1.807, 2.05) is 0 Å². The van der Waals surface area contributed by atoms with E-state index >= 15 is 0 Å². The third-order valence-electron chi connectivity index (χ3n) is 2.39. The van der Waals surface area contributed by atoms with Crippen molar-refractivity contribution in [1.29, 1.82) is 0 Å². The molecule has 0 bridgehead atoms. The van der Waals surface area contributed by atoms with Crippen molar-refractivity contribution >= 4 is 53.3 Å². The molecule has 106 valence electrons. The average Bonchev–Trinajstić information content (AvgIpc) is 2.30. The van der Waals surface area contributed by atoms with Gasteiger partial charge in [0.1, 0.15) is 10.7 Å². The number of sulfonamides is 1. The lowest BCUT2D eigenvalue weighted by atomic mass is 10.3. The Morgan fingerprint density at radius 3 is 2.05 bits per heavy atom. The number of nitrogens with one attached hydrogen (secondary N) is 1. The molecule has 0 saturated carbocycles. The third-order valence-corrected chi connectivity index (χ3v) is 5.64. The van der Waals surface area contributed by atoms with Gasteiger partial charge in [0, 0.05) is 20.3 Å². The fourth-order valence-corrected chi connectivity index (χ4v) is 5.24. The Hall–Kier alpha value is -1.12. The SMILES string of the molecule is Nc1cc(Br)c(S(=O)(=O)Nc2ccc(F)cc2)c(Br)c1. The molecule has 0 unspecified atom stereocenters. The number of nitrogen functional groups attached to an aromatic ring is 1. The summed E-state index contributed by atoms with van der Waals surface area (Å²) in [7, 11) is -3.83. The maximum absolute atomic E-state index is 12.8. The predicted octanol–water partition coefficient (Wildman–Crippen LogP) is 3.73. The highest BCUT2D eigenvalue weighted by atomic mass is 79.9. The van der Waals surface area contributed by atoms with E-state index in [2.05, 4.69) is 36.6 Å². The largest absolute Gasteiger partial charge is 0.399 e. The highest BCUT2D eigenvalue weighted by molar-refractivity contribution is 9.11. The van der Waals surface area contributed by atoms with Crippen molar-refractivity contribution in [1.82, 2.24) is 0 Å². The fraction of sp³-hybridized carbons (Fsp3) is 0. The van der Waals surface area contributed by atoms with Gasteiger partial charge in [0.15, 0.2) is 0 Å². The molecule has 2 rings (SSSR count). The van der Waals surface area contributed by atoms with E-state index in [4.69, 9.17) is 5.73 Å². The number of rotatable bonds is 3. The van der Waals surface area contributed by atoms with Crippen LogP contribution in [0.15, 0.2) is 50.2 Å². The van der Waals surface area contributed by atoms with Crippen molar-refractivity contribution in [2.75, 3.05) is 10.5 Å². The summed E-state index contributed by atoms with van der Waals surface area (Å²) in [5.41, 5.74) is 6.31. The summed E-state index contributed by atoms with van der Waals surface area (Å²) >= 11 is 6.34. The second-order valence-electron chi connectivity index (χ2n) is 3.93. The van der Waals surface area contributed by atoms with Crippen LogP contribution in [0, 0.1) is 5.82 Å². The third kappa shape index (κ3) is 3.31. The Labute approximate surface area is 132 Å². The van der Waals surface area contributed by atoms with Crippen LogP contribution in [-0.4, -0.2) is 8.42 Å². The van der Waals surface area contributed by atoms with Crippen LogP contribution >= 0.6 is 31.9 Å². The van der Waals surface area contributed by atoms with E-state index in [1.165, 1.54) is 36.4 Å². The van der Waals surface area contributed by atoms with Gasteiger partial charge in [-0.1, -0.05) is 0 Å². The van der Waals surface area contributed by atoms with Crippen LogP contribution in [0.2, 0.25) is 0 Å². The average molecular weight is 424 g/mol. The van der Waals surface area contributed by atoms with Crippen molar-refractivity contribution in [2.24, 2.45) is 0 Å². The minimum Gasteiger partial charge on any atom is -0.399 e. The minimum absolute atomic E-state index is 0.0241. The highest BCUT2D eigenvalue weighted by Gasteiger charge is 2.21. The zero-order valence-corrected chi connectivity index (χ0v) is 13.9. The predicted molar refractivity (Wildman–Crippen MR) is 83.5 cm³/mol. The molecule has 0 heterocycles. The molecule has 2 aromatic carbocycles. The second kappa shape index (κ2) is 5.71. The molecule has 0 radical (unpaired) electrons. The number of benzene rings is 2. The molecular formula is C12H9Br2FN2O2S. The molecule has 0 amide bonds. The van der Waals surface area contributed by atoms with Crippen molar-refractivity contribution in [3.05, 3.63) is 51.2 Å². The molecule has 0 atom stereocenters. The number of hydrogen-bond acceptors (Lipinski definition) is 3. The first kappa shape index (κ1) is 15.3. The monoisotopic (exact) mass is 422 g/mol. The topological polar surface area (TPSA) is 72.2 Å². The zero-order valence-electron chi connectivity index (χ0n) is 9.90. The summed E-state index contributed by atoms with van der Waals surface area (Å²) in [6.45, 7) is 0. The molecule has 8 heteroatoms. The summed E-state index contributed by atoms with van der Waals surface area (Å²) in [4.78, 5) is 0.0241. The molecule has 4 nitrogen and oxygen atoms in total. The van der Waals surface area contributed by atoms with Crippen molar-refractivity contribution in [2.45, 2.75) is 4.90 Å². The molecule has 3 N–H and O–H groups in total. The van der Waals surface area contributed by atoms with Crippen LogP contribution in [0.1, 0.15) is 0 Å². The van der Waals surface area contributed by atoms with Crippen molar-refractivity contribution in [3.8, 4) is 0 Å². The van der Waals surface area contributed by atoms with Gasteiger partial charge in [-0.15, -0.1) is 0 Å². The second-order valence-corrected chi connectivity index (χ2v) is 7.25. The Morgan fingerprint density at radius 1 is 1.05 bits per heavy atom. The zero-order chi connectivity index (χ0) is 14.9. The first-order valence-electron chi connectivity index (χ1n) is 5.32. The van der Waals surface area contributed by atoms with Crippen LogP contribution in [0.3, 0.4) is 0 Å². The number of halogens is 3. The Kier molecular flexibility index (Phi) is 4.36. The summed E-state index contributed by atoms with van der Waals surface area (Å²) in [6.07, 6.45) is 0. The van der Waals surface area contributed by atoms with Crippen LogP contribution in [0.4, 0.5) is 15.8 Å². The van der Waals surface area contributed by atoms with Gasteiger partial charge in [-0.05, 0) is 68.3 Å². The number of hydrogen-bond donors (Lipinski definition) is 2. The molecule has 0 saturated heterocycles. The Balaban J connectivity index is 2.43. The molecule has 0 aliphatic rings. The number of anilines is 2. The fourth-order valence-electron chi connectivity index (χ4n) is 1.56. The van der Waals surface area contributed by atoms with E-state index in [0.717, 1.165) is 0 Å². The first-order chi connectivity index (χ1) is 9.29. The van der Waals surface area contributed by atoms with Gasteiger partial charge >= 0.3 is 0 Å². The summed E-state index contributed by atoms with van der Waals surface area (Å²) in [6, 6.07) is 8.00. The lowest BCUT2D eigenvalue weighted by Crippen LogP contribution is -2.14. The van der Waals surface area contributed by atoms with E-state index in [9.17, 15) is 12.8 Å². The van der Waals surface area contributed by atoms with Gasteiger partial charge in [0.2, 0.25) is 0 Å². The molecule has 0 fully saturated rings. The molecule has 0 aliphatic carbocycles. The first-order valence-corrected chi connectivity index (χ1v) is 8.39. The lowest BCUT2D eigenvalue weighted by Gasteiger charge is -2.12. The standard InChI is InChI=1S/C12H9Br2FN2O2S/c13-10-5-8(16)6-11(14)12(10)20(18,19)17-9-3-1-7(15)2-4-9/h1-6,17H,16H2. The smallest absolute Gasteiger partial charge is 0.264 e. The summed E-state index contributed by atoms with van der Waals surface area (Å²) in [5, 5.41) is 0. The van der Waals surface area contributed by atoms with Gasteiger partial charge in [-0.25, -0.2) is 12.8 Å². The van der Waals surface area contributed by atoms with Crippen LogP contribution < -0.4 is 10.5 Å². The Morgan fingerprint density at radius 2 is 1.55 bits per heavy atom. The van der Waals surface area contributed by atoms with Gasteiger partial charge in [0.05, 0.1) is 0 Å². The van der Waals surface area contributed by atoms with E-state index in [0.29, 0.717) is 14.6 Å². The van der Waals surface area contributed by atoms with Gasteiger partial charge in [-0.2, -0.15) is 0 Å².